The number of carboxylic acid groups (broad SMARTS) is 1. The van der Waals surface area contributed by atoms with Gasteiger partial charge in [0.1, 0.15) is 6.61 Å². The monoisotopic (exact) mass is 518 g/mol. The third-order valence-electron chi connectivity index (χ3n) is 5.34. The summed E-state index contributed by atoms with van der Waals surface area (Å²) in [6.07, 6.45) is -0.646. The van der Waals surface area contributed by atoms with Gasteiger partial charge in [0.2, 0.25) is 0 Å². The second-order valence-electron chi connectivity index (χ2n) is 7.43. The fourth-order valence-electron chi connectivity index (χ4n) is 3.85. The van der Waals surface area contributed by atoms with Gasteiger partial charge in [0, 0.05) is 21.9 Å². The number of benzene rings is 3. The molecule has 0 saturated heterocycles. The summed E-state index contributed by atoms with van der Waals surface area (Å²) in [4.78, 5) is 35.3. The Bertz CT molecular complexity index is 1300. The average molecular weight is 519 g/mol. The van der Waals surface area contributed by atoms with Crippen LogP contribution in [0.3, 0.4) is 0 Å². The summed E-state index contributed by atoms with van der Waals surface area (Å²) in [6, 6.07) is 20.8. The summed E-state index contributed by atoms with van der Waals surface area (Å²) >= 11 is 3.36. The van der Waals surface area contributed by atoms with Gasteiger partial charge in [0.15, 0.2) is 0 Å². The summed E-state index contributed by atoms with van der Waals surface area (Å²) in [5.41, 5.74) is 5.14. The normalized spacial score (nSPS) is 11.4. The highest BCUT2D eigenvalue weighted by molar-refractivity contribution is 9.10. The fraction of sp³-hybridized carbons (Fsp3) is 0.115. The molecule has 170 valence electrons. The number of fused-ring (bicyclic) bond motifs is 3. The molecule has 3 aromatic rings. The first kappa shape index (κ1) is 23.1. The molecular weight excluding hydrogens is 500 g/mol. The van der Waals surface area contributed by atoms with E-state index in [2.05, 4.69) is 44.6 Å². The number of halogens is 1. The predicted octanol–water partition coefficient (Wildman–Crippen LogP) is 4.63. The molecular formula is C26H19BrN2O5. The average Bonchev–Trinajstić information content (AvgIpc) is 3.15. The van der Waals surface area contributed by atoms with E-state index in [1.54, 1.807) is 12.1 Å². The standard InChI is InChI=1S/C26H19BrN2O5/c27-22-12-11-16(25(32)28-13-5-10-24(30)31)14-23(22)29-26(33)34-15-21-19-8-3-1-6-17(19)18-7-2-4-9-20(18)21/h1-4,6-9,11-12,14,21H,13,15H2,(H,28,32)(H,29,33)(H,30,31). The molecule has 0 unspecified atom stereocenters. The minimum absolute atomic E-state index is 0.0642. The molecule has 4 rings (SSSR count). The maximum Gasteiger partial charge on any atom is 0.411 e. The van der Waals surface area contributed by atoms with E-state index >= 15 is 0 Å². The first-order chi connectivity index (χ1) is 16.4. The van der Waals surface area contributed by atoms with E-state index in [9.17, 15) is 14.4 Å². The zero-order valence-electron chi connectivity index (χ0n) is 17.8. The Hall–Kier alpha value is -4.09. The van der Waals surface area contributed by atoms with Crippen LogP contribution in [0, 0.1) is 11.8 Å². The molecule has 3 N–H and O–H groups in total. The Morgan fingerprint density at radius 2 is 1.62 bits per heavy atom. The minimum Gasteiger partial charge on any atom is -0.472 e. The Labute approximate surface area is 204 Å². The Balaban J connectivity index is 1.41. The Morgan fingerprint density at radius 3 is 2.26 bits per heavy atom. The molecule has 0 heterocycles. The molecule has 3 aromatic carbocycles. The van der Waals surface area contributed by atoms with Crippen molar-refractivity contribution in [2.75, 3.05) is 18.5 Å². The molecule has 7 nitrogen and oxygen atoms in total. The van der Waals surface area contributed by atoms with Crippen molar-refractivity contribution in [3.8, 4) is 23.0 Å². The third kappa shape index (κ3) is 5.11. The van der Waals surface area contributed by atoms with Gasteiger partial charge < -0.3 is 15.2 Å². The van der Waals surface area contributed by atoms with E-state index in [0.717, 1.165) is 22.3 Å². The van der Waals surface area contributed by atoms with Gasteiger partial charge in [-0.3, -0.25) is 10.1 Å². The van der Waals surface area contributed by atoms with Gasteiger partial charge in [-0.25, -0.2) is 9.59 Å². The number of rotatable bonds is 5. The second kappa shape index (κ2) is 10.2. The third-order valence-corrected chi connectivity index (χ3v) is 6.03. The number of nitrogens with one attached hydrogen (secondary N) is 2. The van der Waals surface area contributed by atoms with E-state index in [-0.39, 0.29) is 24.6 Å². The van der Waals surface area contributed by atoms with Gasteiger partial charge >= 0.3 is 12.1 Å². The van der Waals surface area contributed by atoms with Crippen molar-refractivity contribution >= 4 is 39.6 Å². The van der Waals surface area contributed by atoms with E-state index in [1.807, 2.05) is 42.3 Å². The van der Waals surface area contributed by atoms with Gasteiger partial charge in [-0.15, -0.1) is 0 Å². The summed E-state index contributed by atoms with van der Waals surface area (Å²) in [6.45, 7) is 0.0518. The molecule has 0 saturated carbocycles. The first-order valence-corrected chi connectivity index (χ1v) is 11.1. The SMILES string of the molecule is O=C(O)C#CCNC(=O)c1ccc(Br)c(NC(=O)OCC2c3ccccc3-c3ccccc32)c1. The number of anilines is 1. The van der Waals surface area contributed by atoms with Crippen molar-refractivity contribution in [1.29, 1.82) is 0 Å². The van der Waals surface area contributed by atoms with Crippen LogP contribution < -0.4 is 10.6 Å². The minimum atomic E-state index is -1.27. The smallest absolute Gasteiger partial charge is 0.411 e. The lowest BCUT2D eigenvalue weighted by molar-refractivity contribution is -0.130. The number of hydrogen-bond donors (Lipinski definition) is 3. The van der Waals surface area contributed by atoms with E-state index in [0.29, 0.717) is 10.2 Å². The highest BCUT2D eigenvalue weighted by Gasteiger charge is 2.29. The van der Waals surface area contributed by atoms with Crippen LogP contribution in [0.15, 0.2) is 71.2 Å². The number of aliphatic carboxylic acids is 1. The highest BCUT2D eigenvalue weighted by atomic mass is 79.9. The summed E-state index contributed by atoms with van der Waals surface area (Å²) in [5, 5.41) is 13.7. The maximum atomic E-state index is 12.6. The van der Waals surface area contributed by atoms with E-state index < -0.39 is 18.0 Å². The number of ether oxygens (including phenoxy) is 1. The largest absolute Gasteiger partial charge is 0.472 e. The summed E-state index contributed by atoms with van der Waals surface area (Å²) in [5.74, 6) is 2.45. The Morgan fingerprint density at radius 1 is 0.971 bits per heavy atom. The number of hydrogen-bond acceptors (Lipinski definition) is 4. The molecule has 8 heteroatoms. The lowest BCUT2D eigenvalue weighted by Gasteiger charge is -2.15. The lowest BCUT2D eigenvalue weighted by Crippen LogP contribution is -2.24. The molecule has 0 bridgehead atoms. The number of carbonyl (C=O) groups is 3. The molecule has 0 aromatic heterocycles. The van der Waals surface area contributed by atoms with Crippen LogP contribution in [-0.2, 0) is 9.53 Å². The number of carbonyl (C=O) groups excluding carboxylic acids is 2. The molecule has 2 amide bonds. The van der Waals surface area contributed by atoms with Crippen molar-refractivity contribution < 1.29 is 24.2 Å². The van der Waals surface area contributed by atoms with Crippen LogP contribution in [0.25, 0.3) is 11.1 Å². The van der Waals surface area contributed by atoms with Crippen LogP contribution in [0.1, 0.15) is 27.4 Å². The lowest BCUT2D eigenvalue weighted by atomic mass is 9.98. The highest BCUT2D eigenvalue weighted by Crippen LogP contribution is 2.44. The molecule has 0 radical (unpaired) electrons. The molecule has 0 atom stereocenters. The first-order valence-electron chi connectivity index (χ1n) is 10.4. The van der Waals surface area contributed by atoms with Crippen molar-refractivity contribution in [2.45, 2.75) is 5.92 Å². The van der Waals surface area contributed by atoms with E-state index in [4.69, 9.17) is 9.84 Å². The Kier molecular flexibility index (Phi) is 6.95. The quantitative estimate of drug-likeness (QED) is 0.427. The van der Waals surface area contributed by atoms with Crippen LogP contribution >= 0.6 is 15.9 Å². The van der Waals surface area contributed by atoms with Gasteiger partial charge in [-0.05, 0) is 56.4 Å². The van der Waals surface area contributed by atoms with Crippen LogP contribution in [0.4, 0.5) is 10.5 Å². The zero-order valence-corrected chi connectivity index (χ0v) is 19.4. The van der Waals surface area contributed by atoms with Gasteiger partial charge in [0.05, 0.1) is 12.2 Å². The van der Waals surface area contributed by atoms with E-state index in [1.165, 1.54) is 6.07 Å². The van der Waals surface area contributed by atoms with Crippen LogP contribution in [-0.4, -0.2) is 36.2 Å². The molecule has 34 heavy (non-hydrogen) atoms. The molecule has 1 aliphatic rings. The second-order valence-corrected chi connectivity index (χ2v) is 8.29. The summed E-state index contributed by atoms with van der Waals surface area (Å²) in [7, 11) is 0. The molecule has 1 aliphatic carbocycles. The number of amides is 2. The maximum absolute atomic E-state index is 12.6. The van der Waals surface area contributed by atoms with Crippen molar-refractivity contribution in [1.82, 2.24) is 5.32 Å². The number of carboxylic acids is 1. The topological polar surface area (TPSA) is 105 Å². The van der Waals surface area contributed by atoms with Gasteiger partial charge in [-0.1, -0.05) is 54.5 Å². The fourth-order valence-corrected chi connectivity index (χ4v) is 4.20. The molecule has 0 spiro atoms. The van der Waals surface area contributed by atoms with Crippen molar-refractivity contribution in [3.63, 3.8) is 0 Å². The van der Waals surface area contributed by atoms with Crippen LogP contribution in [0.5, 0.6) is 0 Å². The zero-order chi connectivity index (χ0) is 24.1. The van der Waals surface area contributed by atoms with Crippen molar-refractivity contribution in [3.05, 3.63) is 87.9 Å². The van der Waals surface area contributed by atoms with Gasteiger partial charge in [0.25, 0.3) is 5.91 Å². The molecule has 0 fully saturated rings. The van der Waals surface area contributed by atoms with Gasteiger partial charge in [-0.2, -0.15) is 0 Å². The summed E-state index contributed by atoms with van der Waals surface area (Å²) < 4.78 is 6.13. The van der Waals surface area contributed by atoms with Crippen molar-refractivity contribution in [2.24, 2.45) is 0 Å². The molecule has 0 aliphatic heterocycles. The van der Waals surface area contributed by atoms with Crippen LogP contribution in [0.2, 0.25) is 0 Å². The predicted molar refractivity (Wildman–Crippen MR) is 131 cm³/mol.